The van der Waals surface area contributed by atoms with Gasteiger partial charge in [-0.05, 0) is 24.6 Å². The molecule has 1 aromatic carbocycles. The fourth-order valence-corrected chi connectivity index (χ4v) is 3.33. The van der Waals surface area contributed by atoms with Crippen molar-refractivity contribution in [3.63, 3.8) is 0 Å². The van der Waals surface area contributed by atoms with E-state index in [2.05, 4.69) is 25.6 Å². The number of benzene rings is 1. The summed E-state index contributed by atoms with van der Waals surface area (Å²) < 4.78 is 0. The molecule has 0 bridgehead atoms. The molecule has 3 rings (SSSR count). The predicted octanol–water partition coefficient (Wildman–Crippen LogP) is 4.17. The molecule has 0 saturated heterocycles. The van der Waals surface area contributed by atoms with Gasteiger partial charge < -0.3 is 20.6 Å². The molecule has 31 heavy (non-hydrogen) atoms. The lowest BCUT2D eigenvalue weighted by Gasteiger charge is -2.17. The number of carbonyl (C=O) groups excluding carboxylic acids is 1. The van der Waals surface area contributed by atoms with Gasteiger partial charge in [-0.1, -0.05) is 36.2 Å². The van der Waals surface area contributed by atoms with Crippen LogP contribution in [0.15, 0.2) is 42.6 Å². The Labute approximate surface area is 190 Å². The molecular weight excluding hydrogens is 439 g/mol. The van der Waals surface area contributed by atoms with E-state index in [1.165, 1.54) is 0 Å². The summed E-state index contributed by atoms with van der Waals surface area (Å²) >= 11 is 12.2. The number of halogens is 2. The molecule has 162 valence electrons. The van der Waals surface area contributed by atoms with E-state index in [0.717, 1.165) is 12.1 Å². The average Bonchev–Trinajstić information content (AvgIpc) is 2.73. The van der Waals surface area contributed by atoms with Gasteiger partial charge in [-0.2, -0.15) is 4.98 Å². The topological polar surface area (TPSA) is 103 Å². The van der Waals surface area contributed by atoms with Crippen molar-refractivity contribution in [2.75, 3.05) is 35.7 Å². The third kappa shape index (κ3) is 5.81. The molecule has 0 aliphatic heterocycles. The Balaban J connectivity index is 1.81. The Kier molecular flexibility index (Phi) is 7.62. The van der Waals surface area contributed by atoms with Crippen LogP contribution in [-0.2, 0) is 6.42 Å². The molecule has 0 saturated carbocycles. The maximum Gasteiger partial charge on any atom is 0.258 e. The fraction of sp³-hybridized carbons (Fsp3) is 0.238. The number of hydrogen-bond acceptors (Lipinski definition) is 7. The van der Waals surface area contributed by atoms with Crippen LogP contribution in [0.3, 0.4) is 0 Å². The van der Waals surface area contributed by atoms with E-state index in [4.69, 9.17) is 23.2 Å². The summed E-state index contributed by atoms with van der Waals surface area (Å²) in [5, 5.41) is 15.6. The second-order valence-electron chi connectivity index (χ2n) is 6.65. The Hall–Kier alpha value is -2.94. The molecule has 10 heteroatoms. The zero-order chi connectivity index (χ0) is 22.4. The highest BCUT2D eigenvalue weighted by Gasteiger charge is 2.15. The lowest BCUT2D eigenvalue weighted by molar-refractivity contribution is 0.102. The summed E-state index contributed by atoms with van der Waals surface area (Å²) in [6, 6.07) is 10.0. The first kappa shape index (κ1) is 22.7. The molecule has 3 N–H and O–H groups in total. The molecule has 0 aliphatic rings. The Morgan fingerprint density at radius 3 is 2.55 bits per heavy atom. The van der Waals surface area contributed by atoms with Gasteiger partial charge in [0.25, 0.3) is 5.91 Å². The number of hydrogen-bond donors (Lipinski definition) is 3. The molecule has 3 aromatic rings. The van der Waals surface area contributed by atoms with Crippen LogP contribution in [0.4, 0.5) is 23.3 Å². The van der Waals surface area contributed by atoms with E-state index in [-0.39, 0.29) is 22.2 Å². The maximum atomic E-state index is 12.6. The molecule has 2 aromatic heterocycles. The summed E-state index contributed by atoms with van der Waals surface area (Å²) in [5.74, 6) is 1.11. The number of carbonyl (C=O) groups is 1. The molecule has 8 nitrogen and oxygen atoms in total. The van der Waals surface area contributed by atoms with Crippen molar-refractivity contribution in [1.82, 2.24) is 15.0 Å². The second kappa shape index (κ2) is 10.4. The monoisotopic (exact) mass is 460 g/mol. The number of amides is 1. The van der Waals surface area contributed by atoms with Gasteiger partial charge in [0.15, 0.2) is 0 Å². The Bertz CT molecular complexity index is 1060. The fourth-order valence-electron chi connectivity index (χ4n) is 2.77. The summed E-state index contributed by atoms with van der Waals surface area (Å²) in [6.45, 7) is 2.41. The first-order valence-electron chi connectivity index (χ1n) is 9.59. The molecule has 0 fully saturated rings. The van der Waals surface area contributed by atoms with Crippen LogP contribution in [0, 0.1) is 0 Å². The standard InChI is InChI=1S/C21H22Cl2N6O2/c1-3-13-11-18(28-21(26-13)29(2)9-10-30)27-17-12-14(7-8-24-17)25-20(31)19-15(22)5-4-6-16(19)23/h4-8,11-12,30H,3,9-10H2,1-2H3,(H2,24,25,26,27,28,31). The minimum Gasteiger partial charge on any atom is -0.395 e. The number of pyridine rings is 1. The van der Waals surface area contributed by atoms with E-state index >= 15 is 0 Å². The Morgan fingerprint density at radius 1 is 1.13 bits per heavy atom. The molecule has 0 atom stereocenters. The van der Waals surface area contributed by atoms with Crippen molar-refractivity contribution < 1.29 is 9.90 Å². The zero-order valence-corrected chi connectivity index (χ0v) is 18.6. The van der Waals surface area contributed by atoms with Crippen LogP contribution >= 0.6 is 23.2 Å². The first-order chi connectivity index (χ1) is 14.9. The van der Waals surface area contributed by atoms with Gasteiger partial charge >= 0.3 is 0 Å². The smallest absolute Gasteiger partial charge is 0.258 e. The zero-order valence-electron chi connectivity index (χ0n) is 17.1. The number of likely N-dealkylation sites (N-methyl/N-ethyl adjacent to an activating group) is 1. The van der Waals surface area contributed by atoms with Crippen LogP contribution in [-0.4, -0.2) is 46.2 Å². The summed E-state index contributed by atoms with van der Waals surface area (Å²) in [4.78, 5) is 27.6. The number of nitrogens with zero attached hydrogens (tertiary/aromatic N) is 4. The molecular formula is C21H22Cl2N6O2. The number of nitrogens with one attached hydrogen (secondary N) is 2. The van der Waals surface area contributed by atoms with Gasteiger partial charge in [0.05, 0.1) is 22.2 Å². The third-order valence-corrected chi connectivity index (χ3v) is 5.00. The van der Waals surface area contributed by atoms with Crippen molar-refractivity contribution in [1.29, 1.82) is 0 Å². The molecule has 2 heterocycles. The predicted molar refractivity (Wildman–Crippen MR) is 124 cm³/mol. The number of aryl methyl sites for hydroxylation is 1. The molecule has 0 aliphatic carbocycles. The Morgan fingerprint density at radius 2 is 1.87 bits per heavy atom. The minimum atomic E-state index is -0.420. The quantitative estimate of drug-likeness (QED) is 0.463. The van der Waals surface area contributed by atoms with Gasteiger partial charge in [-0.3, -0.25) is 4.79 Å². The van der Waals surface area contributed by atoms with Crippen LogP contribution in [0.5, 0.6) is 0 Å². The highest BCUT2D eigenvalue weighted by atomic mass is 35.5. The van der Waals surface area contributed by atoms with Gasteiger partial charge in [0, 0.05) is 43.3 Å². The molecule has 1 amide bonds. The van der Waals surface area contributed by atoms with Gasteiger partial charge in [0.2, 0.25) is 5.95 Å². The second-order valence-corrected chi connectivity index (χ2v) is 7.46. The van der Waals surface area contributed by atoms with E-state index in [0.29, 0.717) is 29.8 Å². The molecule has 0 radical (unpaired) electrons. The average molecular weight is 461 g/mol. The highest BCUT2D eigenvalue weighted by Crippen LogP contribution is 2.26. The van der Waals surface area contributed by atoms with Gasteiger partial charge in [0.1, 0.15) is 11.6 Å². The molecule has 0 spiro atoms. The first-order valence-corrected chi connectivity index (χ1v) is 10.3. The van der Waals surface area contributed by atoms with Crippen LogP contribution in [0.2, 0.25) is 10.0 Å². The number of aliphatic hydroxyl groups excluding tert-OH is 1. The number of rotatable bonds is 8. The van der Waals surface area contributed by atoms with Crippen molar-refractivity contribution in [2.45, 2.75) is 13.3 Å². The van der Waals surface area contributed by atoms with E-state index in [9.17, 15) is 9.90 Å². The van der Waals surface area contributed by atoms with Crippen LogP contribution < -0.4 is 15.5 Å². The minimum absolute atomic E-state index is 0.00226. The van der Waals surface area contributed by atoms with E-state index in [1.54, 1.807) is 41.4 Å². The summed E-state index contributed by atoms with van der Waals surface area (Å²) in [6.07, 6.45) is 2.28. The van der Waals surface area contributed by atoms with E-state index < -0.39 is 5.91 Å². The van der Waals surface area contributed by atoms with E-state index in [1.807, 2.05) is 20.0 Å². The largest absolute Gasteiger partial charge is 0.395 e. The molecule has 0 unspecified atom stereocenters. The summed E-state index contributed by atoms with van der Waals surface area (Å²) in [5.41, 5.74) is 1.56. The van der Waals surface area contributed by atoms with Crippen molar-refractivity contribution in [3.05, 3.63) is 63.9 Å². The lowest BCUT2D eigenvalue weighted by Crippen LogP contribution is -2.24. The SMILES string of the molecule is CCc1cc(Nc2cc(NC(=O)c3c(Cl)cccc3Cl)ccn2)nc(N(C)CCO)n1. The highest BCUT2D eigenvalue weighted by molar-refractivity contribution is 6.40. The van der Waals surface area contributed by atoms with Crippen molar-refractivity contribution >= 4 is 52.4 Å². The van der Waals surface area contributed by atoms with Crippen LogP contribution in [0.1, 0.15) is 23.0 Å². The summed E-state index contributed by atoms with van der Waals surface area (Å²) in [7, 11) is 1.81. The normalized spacial score (nSPS) is 10.6. The van der Waals surface area contributed by atoms with Gasteiger partial charge in [-0.25, -0.2) is 9.97 Å². The number of aromatic nitrogens is 3. The number of aliphatic hydroxyl groups is 1. The maximum absolute atomic E-state index is 12.6. The van der Waals surface area contributed by atoms with Crippen LogP contribution in [0.25, 0.3) is 0 Å². The number of anilines is 4. The van der Waals surface area contributed by atoms with Crippen molar-refractivity contribution in [3.8, 4) is 0 Å². The van der Waals surface area contributed by atoms with Gasteiger partial charge in [-0.15, -0.1) is 0 Å². The third-order valence-electron chi connectivity index (χ3n) is 4.37. The lowest BCUT2D eigenvalue weighted by atomic mass is 10.2. The van der Waals surface area contributed by atoms with Crippen molar-refractivity contribution in [2.24, 2.45) is 0 Å².